The second-order valence-electron chi connectivity index (χ2n) is 14.0. The SMILES string of the molecule is O=C1NC[C@@H]2O[C@H](C(=O)N(CCNC3CCC(F)(F)CC3)CC(=O)N3C[C@@H](n4cc(CC5CCCCC5)nn4)C[C@@H]13)[C@H](O)[C@H](O)[C@H]2O. The van der Waals surface area contributed by atoms with Crippen molar-refractivity contribution in [2.45, 2.75) is 125 Å². The van der Waals surface area contributed by atoms with Gasteiger partial charge >= 0.3 is 0 Å². The fourth-order valence-corrected chi connectivity index (χ4v) is 7.79. The molecule has 0 spiro atoms. The number of nitrogens with one attached hydrogen (secondary N) is 2. The number of aromatic nitrogens is 3. The first-order valence-electron chi connectivity index (χ1n) is 17.1. The normalized spacial score (nSPS) is 34.5. The summed E-state index contributed by atoms with van der Waals surface area (Å²) in [4.78, 5) is 43.8. The van der Waals surface area contributed by atoms with Gasteiger partial charge in [0.1, 0.15) is 30.5 Å². The van der Waals surface area contributed by atoms with Crippen LogP contribution in [-0.2, 0) is 25.5 Å². The minimum Gasteiger partial charge on any atom is -0.388 e. The van der Waals surface area contributed by atoms with E-state index in [1.54, 1.807) is 4.68 Å². The third-order valence-electron chi connectivity index (χ3n) is 10.7. The van der Waals surface area contributed by atoms with Crippen molar-refractivity contribution in [1.29, 1.82) is 0 Å². The van der Waals surface area contributed by atoms with Crippen LogP contribution in [0.15, 0.2) is 6.20 Å². The van der Waals surface area contributed by atoms with Gasteiger partial charge < -0.3 is 40.5 Å². The van der Waals surface area contributed by atoms with E-state index in [-0.39, 0.29) is 70.4 Å². The molecule has 14 nitrogen and oxygen atoms in total. The summed E-state index contributed by atoms with van der Waals surface area (Å²) in [5.41, 5.74) is 0.870. The van der Waals surface area contributed by atoms with Crippen molar-refractivity contribution in [2.75, 3.05) is 32.7 Å². The summed E-state index contributed by atoms with van der Waals surface area (Å²) in [5, 5.41) is 46.5. The summed E-state index contributed by atoms with van der Waals surface area (Å²) in [6, 6.07) is -1.42. The number of ether oxygens (including phenoxy) is 1. The van der Waals surface area contributed by atoms with E-state index in [0.717, 1.165) is 25.0 Å². The van der Waals surface area contributed by atoms with Gasteiger partial charge in [0.15, 0.2) is 6.10 Å². The Labute approximate surface area is 272 Å². The second kappa shape index (κ2) is 14.4. The quantitative estimate of drug-likeness (QED) is 0.255. The summed E-state index contributed by atoms with van der Waals surface area (Å²) < 4.78 is 34.8. The number of halogens is 2. The summed E-state index contributed by atoms with van der Waals surface area (Å²) in [6.07, 6.45) is 1.16. The third kappa shape index (κ3) is 7.77. The Morgan fingerprint density at radius 1 is 1.02 bits per heavy atom. The summed E-state index contributed by atoms with van der Waals surface area (Å²) >= 11 is 0. The van der Waals surface area contributed by atoms with Crippen molar-refractivity contribution < 1.29 is 43.2 Å². The van der Waals surface area contributed by atoms with Crippen molar-refractivity contribution in [1.82, 2.24) is 35.4 Å². The highest BCUT2D eigenvalue weighted by molar-refractivity contribution is 5.92. The molecule has 5 aliphatic rings. The van der Waals surface area contributed by atoms with Crippen LogP contribution in [0.1, 0.15) is 75.9 Å². The first kappa shape index (κ1) is 34.1. The molecule has 3 amide bonds. The Hall–Kier alpha value is -2.79. The van der Waals surface area contributed by atoms with Crippen LogP contribution in [0.25, 0.3) is 0 Å². The third-order valence-corrected chi connectivity index (χ3v) is 10.7. The Balaban J connectivity index is 1.19. The molecule has 1 aromatic heterocycles. The van der Waals surface area contributed by atoms with Crippen LogP contribution in [0.5, 0.6) is 0 Å². The predicted molar refractivity (Wildman–Crippen MR) is 161 cm³/mol. The lowest BCUT2D eigenvalue weighted by atomic mass is 9.86. The average Bonchev–Trinajstić information content (AvgIpc) is 3.71. The highest BCUT2D eigenvalue weighted by Crippen LogP contribution is 2.33. The molecule has 2 aliphatic carbocycles. The van der Waals surface area contributed by atoms with Crippen molar-refractivity contribution in [2.24, 2.45) is 5.92 Å². The van der Waals surface area contributed by atoms with Crippen LogP contribution in [-0.4, -0.2) is 139 Å². The molecule has 16 heteroatoms. The molecule has 3 aliphatic heterocycles. The van der Waals surface area contributed by atoms with Gasteiger partial charge in [0.2, 0.25) is 17.7 Å². The first-order chi connectivity index (χ1) is 22.5. The number of hydrogen-bond acceptors (Lipinski definition) is 10. The van der Waals surface area contributed by atoms with Crippen molar-refractivity contribution >= 4 is 17.7 Å². The molecule has 3 saturated heterocycles. The lowest BCUT2D eigenvalue weighted by Gasteiger charge is -2.42. The summed E-state index contributed by atoms with van der Waals surface area (Å²) in [7, 11) is 0. The largest absolute Gasteiger partial charge is 0.388 e. The highest BCUT2D eigenvalue weighted by atomic mass is 19.3. The van der Waals surface area contributed by atoms with Gasteiger partial charge in [0, 0.05) is 57.7 Å². The topological polar surface area (TPSA) is 182 Å². The summed E-state index contributed by atoms with van der Waals surface area (Å²) in [6.45, 7) is -0.385. The molecule has 47 heavy (non-hydrogen) atoms. The lowest BCUT2D eigenvalue weighted by molar-refractivity contribution is -0.223. The van der Waals surface area contributed by atoms with Crippen LogP contribution >= 0.6 is 0 Å². The van der Waals surface area contributed by atoms with Crippen LogP contribution in [0.3, 0.4) is 0 Å². The molecule has 0 unspecified atom stereocenters. The number of hydrogen-bond donors (Lipinski definition) is 5. The van der Waals surface area contributed by atoms with Gasteiger partial charge in [-0.15, -0.1) is 5.10 Å². The maximum atomic E-state index is 13.9. The summed E-state index contributed by atoms with van der Waals surface area (Å²) in [5.74, 6) is -3.86. The molecule has 5 N–H and O–H groups in total. The number of fused-ring (bicyclic) bond motifs is 3. The molecule has 5 fully saturated rings. The van der Waals surface area contributed by atoms with E-state index < -0.39 is 66.8 Å². The molecule has 2 bridgehead atoms. The Kier molecular flexibility index (Phi) is 10.4. The maximum Gasteiger partial charge on any atom is 0.255 e. The second-order valence-corrected chi connectivity index (χ2v) is 14.0. The van der Waals surface area contributed by atoms with E-state index in [1.807, 2.05) is 6.20 Å². The maximum absolute atomic E-state index is 13.9. The smallest absolute Gasteiger partial charge is 0.255 e. The zero-order chi connectivity index (χ0) is 33.3. The Morgan fingerprint density at radius 2 is 1.77 bits per heavy atom. The van der Waals surface area contributed by atoms with Crippen molar-refractivity contribution in [3.8, 4) is 0 Å². The van der Waals surface area contributed by atoms with Crippen LogP contribution in [0.4, 0.5) is 8.78 Å². The van der Waals surface area contributed by atoms with Gasteiger partial charge in [-0.25, -0.2) is 13.5 Å². The first-order valence-corrected chi connectivity index (χ1v) is 17.1. The molecule has 7 atom stereocenters. The van der Waals surface area contributed by atoms with Gasteiger partial charge in [0.05, 0.1) is 18.3 Å². The van der Waals surface area contributed by atoms with E-state index in [9.17, 15) is 38.5 Å². The van der Waals surface area contributed by atoms with E-state index >= 15 is 0 Å². The Bertz CT molecular complexity index is 1270. The zero-order valence-electron chi connectivity index (χ0n) is 26.6. The van der Waals surface area contributed by atoms with E-state index in [0.29, 0.717) is 5.92 Å². The Morgan fingerprint density at radius 3 is 2.51 bits per heavy atom. The van der Waals surface area contributed by atoms with Gasteiger partial charge in [-0.1, -0.05) is 37.3 Å². The number of rotatable bonds is 7. The number of aliphatic hydroxyl groups excluding tert-OH is 3. The van der Waals surface area contributed by atoms with E-state index in [4.69, 9.17) is 4.74 Å². The number of carbonyl (C=O) groups excluding carboxylic acids is 3. The fourth-order valence-electron chi connectivity index (χ4n) is 7.79. The van der Waals surface area contributed by atoms with Gasteiger partial charge in [-0.05, 0) is 25.2 Å². The molecule has 4 heterocycles. The number of carbonyl (C=O) groups is 3. The minimum atomic E-state index is -2.69. The number of amides is 3. The molecule has 6 rings (SSSR count). The van der Waals surface area contributed by atoms with Crippen molar-refractivity contribution in [3.63, 3.8) is 0 Å². The number of alkyl halides is 2. The molecule has 0 radical (unpaired) electrons. The van der Waals surface area contributed by atoms with E-state index in [2.05, 4.69) is 20.9 Å². The van der Waals surface area contributed by atoms with Crippen molar-refractivity contribution in [3.05, 3.63) is 11.9 Å². The van der Waals surface area contributed by atoms with Gasteiger partial charge in [0.25, 0.3) is 5.91 Å². The standard InChI is InChI=1S/C31H47F2N7O7/c32-31(33)8-6-19(7-9-31)34-10-11-38-17-24(41)39-16-21(40-15-20(36-37-40)12-18-4-2-1-3-5-18)13-22(39)29(45)35-14-23-25(42)26(43)27(44)28(47-23)30(38)46/h15,18-19,21-23,25-28,34,42-44H,1-14,16-17H2,(H,35,45)/t21-,22-,23-,25-,26+,27+,28-/m0/s1. The average molecular weight is 668 g/mol. The molecule has 262 valence electrons. The van der Waals surface area contributed by atoms with E-state index in [1.165, 1.54) is 29.1 Å². The van der Waals surface area contributed by atoms with Crippen LogP contribution in [0, 0.1) is 5.92 Å². The molecule has 2 saturated carbocycles. The lowest BCUT2D eigenvalue weighted by Crippen LogP contribution is -2.65. The molecule has 1 aromatic rings. The van der Waals surface area contributed by atoms with Gasteiger partial charge in [-0.3, -0.25) is 14.4 Å². The minimum absolute atomic E-state index is 0.0188. The zero-order valence-corrected chi connectivity index (χ0v) is 26.6. The molecule has 0 aromatic carbocycles. The molecular formula is C31H47F2N7O7. The monoisotopic (exact) mass is 667 g/mol. The predicted octanol–water partition coefficient (Wildman–Crippen LogP) is -0.481. The van der Waals surface area contributed by atoms with Crippen LogP contribution < -0.4 is 10.6 Å². The number of nitrogens with zero attached hydrogens (tertiary/aromatic N) is 5. The number of aliphatic hydroxyl groups is 3. The fraction of sp³-hybridized carbons (Fsp3) is 0.839. The van der Waals surface area contributed by atoms with Gasteiger partial charge in [-0.2, -0.15) is 0 Å². The van der Waals surface area contributed by atoms with Crippen LogP contribution in [0.2, 0.25) is 0 Å². The highest BCUT2D eigenvalue weighted by Gasteiger charge is 2.49. The molecular weight excluding hydrogens is 620 g/mol.